The van der Waals surface area contributed by atoms with Crippen LogP contribution in [0.1, 0.15) is 34.3 Å². The van der Waals surface area contributed by atoms with Gasteiger partial charge in [0, 0.05) is 12.2 Å². The van der Waals surface area contributed by atoms with Gasteiger partial charge in [0.05, 0.1) is 30.8 Å². The number of urea groups is 1. The number of anilines is 2. The Bertz CT molecular complexity index is 1310. The maximum absolute atomic E-state index is 13.1. The average molecular weight is 518 g/mol. The van der Waals surface area contributed by atoms with Gasteiger partial charge in [0.2, 0.25) is 5.91 Å². The first-order valence-electron chi connectivity index (χ1n) is 12.4. The van der Waals surface area contributed by atoms with Gasteiger partial charge in [-0.3, -0.25) is 4.79 Å². The number of aryl methyl sites for hydroxylation is 1. The van der Waals surface area contributed by atoms with Crippen molar-refractivity contribution in [1.82, 2.24) is 4.90 Å². The van der Waals surface area contributed by atoms with Crippen molar-refractivity contribution in [3.63, 3.8) is 0 Å². The van der Waals surface area contributed by atoms with Crippen LogP contribution in [-0.4, -0.2) is 54.2 Å². The quantitative estimate of drug-likeness (QED) is 0.369. The zero-order valence-corrected chi connectivity index (χ0v) is 21.4. The molecule has 3 N–H and O–H groups in total. The van der Waals surface area contributed by atoms with Gasteiger partial charge in [-0.25, -0.2) is 9.59 Å². The summed E-state index contributed by atoms with van der Waals surface area (Å²) in [5.74, 6) is 0.170. The molecule has 0 saturated carbocycles. The average Bonchev–Trinajstić information content (AvgIpc) is 3.38. The molecule has 1 saturated heterocycles. The first-order chi connectivity index (χ1) is 18.3. The Morgan fingerprint density at radius 1 is 1.00 bits per heavy atom. The van der Waals surface area contributed by atoms with Crippen molar-refractivity contribution in [3.05, 3.63) is 83.4 Å². The van der Waals surface area contributed by atoms with Crippen LogP contribution in [0.25, 0.3) is 0 Å². The standard InChI is InChI=1S/C29H31N3O6/c1-19-16-20(9-14-24(19)30-29(36)31-25-7-3-4-8-26(25)37-2)17-27(33)32-15-5-6-22(32)18-38-23-12-10-21(11-13-23)28(34)35/h3-4,7-14,16,22H,5-6,15,17-18H2,1-2H3,(H,34,35)(H2,30,31,36). The summed E-state index contributed by atoms with van der Waals surface area (Å²) in [5.41, 5.74) is 3.11. The Hall–Kier alpha value is -4.53. The fourth-order valence-corrected chi connectivity index (χ4v) is 4.50. The number of amides is 3. The first-order valence-corrected chi connectivity index (χ1v) is 12.4. The molecule has 4 rings (SSSR count). The van der Waals surface area contributed by atoms with E-state index in [0.717, 1.165) is 24.0 Å². The number of carbonyl (C=O) groups is 3. The topological polar surface area (TPSA) is 117 Å². The lowest BCUT2D eigenvalue weighted by molar-refractivity contribution is -0.131. The van der Waals surface area contributed by atoms with E-state index in [1.54, 1.807) is 37.4 Å². The van der Waals surface area contributed by atoms with E-state index in [1.165, 1.54) is 12.1 Å². The Labute approximate surface area is 221 Å². The largest absolute Gasteiger partial charge is 0.495 e. The van der Waals surface area contributed by atoms with Crippen LogP contribution < -0.4 is 20.1 Å². The number of nitrogens with one attached hydrogen (secondary N) is 2. The predicted molar refractivity (Wildman–Crippen MR) is 144 cm³/mol. The lowest BCUT2D eigenvalue weighted by atomic mass is 10.1. The molecule has 0 bridgehead atoms. The summed E-state index contributed by atoms with van der Waals surface area (Å²) in [6.45, 7) is 2.91. The van der Waals surface area contributed by atoms with Crippen LogP contribution in [0.4, 0.5) is 16.2 Å². The van der Waals surface area contributed by atoms with E-state index in [4.69, 9.17) is 14.6 Å². The summed E-state index contributed by atoms with van der Waals surface area (Å²) >= 11 is 0. The van der Waals surface area contributed by atoms with Crippen LogP contribution >= 0.6 is 0 Å². The van der Waals surface area contributed by atoms with Crippen molar-refractivity contribution in [2.24, 2.45) is 0 Å². The minimum absolute atomic E-state index is 0.0198. The number of rotatable bonds is 9. The third kappa shape index (κ3) is 6.61. The fraction of sp³-hybridized carbons (Fsp3) is 0.276. The van der Waals surface area contributed by atoms with Crippen LogP contribution in [0.5, 0.6) is 11.5 Å². The van der Waals surface area contributed by atoms with E-state index >= 15 is 0 Å². The number of carboxylic acid groups (broad SMARTS) is 1. The normalized spacial score (nSPS) is 14.6. The zero-order chi connectivity index (χ0) is 27.1. The van der Waals surface area contributed by atoms with Gasteiger partial charge in [0.1, 0.15) is 18.1 Å². The number of para-hydroxylation sites is 2. The number of hydrogen-bond acceptors (Lipinski definition) is 5. The van der Waals surface area contributed by atoms with Crippen LogP contribution in [0, 0.1) is 6.92 Å². The first kappa shape index (κ1) is 26.5. The van der Waals surface area contributed by atoms with E-state index in [-0.39, 0.29) is 30.0 Å². The summed E-state index contributed by atoms with van der Waals surface area (Å²) in [6, 6.07) is 18.5. The van der Waals surface area contributed by atoms with Gasteiger partial charge in [0.25, 0.3) is 0 Å². The molecule has 1 heterocycles. The van der Waals surface area contributed by atoms with E-state index < -0.39 is 5.97 Å². The molecule has 1 atom stereocenters. The Kier molecular flexibility index (Phi) is 8.47. The molecule has 38 heavy (non-hydrogen) atoms. The van der Waals surface area contributed by atoms with Crippen molar-refractivity contribution in [2.45, 2.75) is 32.2 Å². The zero-order valence-electron chi connectivity index (χ0n) is 21.4. The molecule has 0 radical (unpaired) electrons. The fourth-order valence-electron chi connectivity index (χ4n) is 4.50. The summed E-state index contributed by atoms with van der Waals surface area (Å²) in [7, 11) is 1.54. The smallest absolute Gasteiger partial charge is 0.335 e. The number of likely N-dealkylation sites (tertiary alicyclic amines) is 1. The van der Waals surface area contributed by atoms with Gasteiger partial charge in [-0.05, 0) is 73.4 Å². The molecule has 3 aromatic carbocycles. The minimum atomic E-state index is -0.987. The van der Waals surface area contributed by atoms with E-state index in [2.05, 4.69) is 10.6 Å². The van der Waals surface area contributed by atoms with Gasteiger partial charge in [0.15, 0.2) is 0 Å². The molecule has 0 aliphatic carbocycles. The Morgan fingerprint density at radius 2 is 1.74 bits per heavy atom. The maximum Gasteiger partial charge on any atom is 0.335 e. The molecule has 3 aromatic rings. The SMILES string of the molecule is COc1ccccc1NC(=O)Nc1ccc(CC(=O)N2CCCC2COc2ccc(C(=O)O)cc2)cc1C. The highest BCUT2D eigenvalue weighted by Gasteiger charge is 2.29. The van der Waals surface area contributed by atoms with Crippen LogP contribution in [0.3, 0.4) is 0 Å². The number of ether oxygens (including phenoxy) is 2. The number of nitrogens with zero attached hydrogens (tertiary/aromatic N) is 1. The van der Waals surface area contributed by atoms with Crippen LogP contribution in [-0.2, 0) is 11.2 Å². The number of methoxy groups -OCH3 is 1. The Morgan fingerprint density at radius 3 is 2.45 bits per heavy atom. The van der Waals surface area contributed by atoms with Gasteiger partial charge >= 0.3 is 12.0 Å². The highest BCUT2D eigenvalue weighted by molar-refractivity contribution is 6.01. The monoisotopic (exact) mass is 517 g/mol. The minimum Gasteiger partial charge on any atom is -0.495 e. The predicted octanol–water partition coefficient (Wildman–Crippen LogP) is 4.96. The lowest BCUT2D eigenvalue weighted by Gasteiger charge is -2.25. The van der Waals surface area contributed by atoms with Crippen molar-refractivity contribution in [3.8, 4) is 11.5 Å². The Balaban J connectivity index is 1.31. The molecule has 9 heteroatoms. The highest BCUT2D eigenvalue weighted by Crippen LogP contribution is 2.25. The molecule has 1 fully saturated rings. The number of aromatic carboxylic acids is 1. The van der Waals surface area contributed by atoms with Crippen LogP contribution in [0.2, 0.25) is 0 Å². The third-order valence-electron chi connectivity index (χ3n) is 6.49. The van der Waals surface area contributed by atoms with Crippen LogP contribution in [0.15, 0.2) is 66.7 Å². The van der Waals surface area contributed by atoms with Gasteiger partial charge in [-0.2, -0.15) is 0 Å². The summed E-state index contributed by atoms with van der Waals surface area (Å²) in [4.78, 5) is 38.5. The number of benzene rings is 3. The van der Waals surface area contributed by atoms with Gasteiger partial charge < -0.3 is 30.1 Å². The summed E-state index contributed by atoms with van der Waals surface area (Å²) in [6.07, 6.45) is 2.00. The molecule has 198 valence electrons. The molecule has 0 aromatic heterocycles. The lowest BCUT2D eigenvalue weighted by Crippen LogP contribution is -2.39. The molecular formula is C29H31N3O6. The summed E-state index contributed by atoms with van der Waals surface area (Å²) < 4.78 is 11.1. The second-order valence-electron chi connectivity index (χ2n) is 9.13. The maximum atomic E-state index is 13.1. The molecular weight excluding hydrogens is 486 g/mol. The number of carboxylic acids is 1. The third-order valence-corrected chi connectivity index (χ3v) is 6.49. The molecule has 1 unspecified atom stereocenters. The van der Waals surface area contributed by atoms with E-state index in [0.29, 0.717) is 36.0 Å². The summed E-state index contributed by atoms with van der Waals surface area (Å²) in [5, 5.41) is 14.7. The second kappa shape index (κ2) is 12.1. The molecule has 0 spiro atoms. The van der Waals surface area contributed by atoms with Crippen molar-refractivity contribution in [1.29, 1.82) is 0 Å². The number of hydrogen-bond donors (Lipinski definition) is 3. The molecule has 3 amide bonds. The van der Waals surface area contributed by atoms with Gasteiger partial charge in [-0.1, -0.05) is 24.3 Å². The van der Waals surface area contributed by atoms with E-state index in [9.17, 15) is 14.4 Å². The van der Waals surface area contributed by atoms with Crippen molar-refractivity contribution in [2.75, 3.05) is 30.9 Å². The second-order valence-corrected chi connectivity index (χ2v) is 9.13. The highest BCUT2D eigenvalue weighted by atomic mass is 16.5. The number of carbonyl (C=O) groups excluding carboxylic acids is 2. The van der Waals surface area contributed by atoms with Crippen molar-refractivity contribution < 1.29 is 29.0 Å². The van der Waals surface area contributed by atoms with E-state index in [1.807, 2.05) is 36.1 Å². The van der Waals surface area contributed by atoms with Gasteiger partial charge in [-0.15, -0.1) is 0 Å². The molecule has 1 aliphatic heterocycles. The molecule has 9 nitrogen and oxygen atoms in total. The molecule has 1 aliphatic rings. The van der Waals surface area contributed by atoms with Crippen molar-refractivity contribution >= 4 is 29.3 Å².